The van der Waals surface area contributed by atoms with Crippen molar-refractivity contribution in [2.75, 3.05) is 6.54 Å². The molecule has 0 aromatic rings. The monoisotopic (exact) mass is 267 g/mol. The molecule has 0 heterocycles. The first-order valence-corrected chi connectivity index (χ1v) is 7.52. The van der Waals surface area contributed by atoms with E-state index in [0.717, 1.165) is 38.5 Å². The van der Waals surface area contributed by atoms with Gasteiger partial charge in [0.15, 0.2) is 0 Å². The van der Waals surface area contributed by atoms with E-state index in [9.17, 15) is 9.59 Å². The average Bonchev–Trinajstić information content (AvgIpc) is 3.19. The van der Waals surface area contributed by atoms with Crippen LogP contribution in [-0.2, 0) is 9.59 Å². The van der Waals surface area contributed by atoms with Crippen molar-refractivity contribution in [1.82, 2.24) is 5.32 Å². The zero-order valence-corrected chi connectivity index (χ0v) is 11.8. The molecule has 19 heavy (non-hydrogen) atoms. The molecule has 1 atom stereocenters. The van der Waals surface area contributed by atoms with Crippen LogP contribution in [0.1, 0.15) is 58.3 Å². The van der Waals surface area contributed by atoms with Gasteiger partial charge in [-0.3, -0.25) is 9.59 Å². The topological polar surface area (TPSA) is 66.4 Å². The van der Waals surface area contributed by atoms with Gasteiger partial charge in [-0.25, -0.2) is 0 Å². The molecule has 4 nitrogen and oxygen atoms in total. The number of hydrogen-bond donors (Lipinski definition) is 2. The van der Waals surface area contributed by atoms with E-state index in [-0.39, 0.29) is 23.7 Å². The molecule has 0 spiro atoms. The number of aliphatic carboxylic acids is 1. The summed E-state index contributed by atoms with van der Waals surface area (Å²) in [6, 6.07) is 0. The SMILES string of the molecule is CC(C(=O)NCC1(CC(=O)O)CCCCC1)C1CC1. The Morgan fingerprint density at radius 1 is 1.26 bits per heavy atom. The van der Waals surface area contributed by atoms with Crippen molar-refractivity contribution in [2.45, 2.75) is 58.3 Å². The Morgan fingerprint density at radius 2 is 1.89 bits per heavy atom. The van der Waals surface area contributed by atoms with Crippen molar-refractivity contribution in [3.63, 3.8) is 0 Å². The lowest BCUT2D eigenvalue weighted by Crippen LogP contribution is -2.42. The molecular formula is C15H25NO3. The predicted molar refractivity (Wildman–Crippen MR) is 72.7 cm³/mol. The summed E-state index contributed by atoms with van der Waals surface area (Å²) >= 11 is 0. The molecular weight excluding hydrogens is 242 g/mol. The highest BCUT2D eigenvalue weighted by Crippen LogP contribution is 2.40. The van der Waals surface area contributed by atoms with Gasteiger partial charge < -0.3 is 10.4 Å². The number of rotatable bonds is 6. The van der Waals surface area contributed by atoms with Crippen LogP contribution in [0.15, 0.2) is 0 Å². The summed E-state index contributed by atoms with van der Waals surface area (Å²) in [5.74, 6) is 0.0106. The summed E-state index contributed by atoms with van der Waals surface area (Å²) in [5, 5.41) is 12.1. The Kier molecular flexibility index (Phi) is 4.48. The molecule has 0 aliphatic heterocycles. The van der Waals surface area contributed by atoms with Gasteiger partial charge in [0.05, 0.1) is 6.42 Å². The number of amides is 1. The van der Waals surface area contributed by atoms with Crippen LogP contribution in [0, 0.1) is 17.3 Å². The molecule has 0 aromatic carbocycles. The summed E-state index contributed by atoms with van der Waals surface area (Å²) < 4.78 is 0. The molecule has 0 saturated heterocycles. The van der Waals surface area contributed by atoms with Gasteiger partial charge in [-0.15, -0.1) is 0 Å². The molecule has 2 aliphatic carbocycles. The van der Waals surface area contributed by atoms with E-state index >= 15 is 0 Å². The summed E-state index contributed by atoms with van der Waals surface area (Å²) in [6.45, 7) is 2.52. The van der Waals surface area contributed by atoms with Crippen LogP contribution in [0.4, 0.5) is 0 Å². The van der Waals surface area contributed by atoms with E-state index in [1.54, 1.807) is 0 Å². The quantitative estimate of drug-likeness (QED) is 0.777. The second-order valence-corrected chi connectivity index (χ2v) is 6.48. The van der Waals surface area contributed by atoms with Crippen LogP contribution in [0.25, 0.3) is 0 Å². The molecule has 2 aliphatic rings. The highest BCUT2D eigenvalue weighted by atomic mass is 16.4. The van der Waals surface area contributed by atoms with Crippen molar-refractivity contribution >= 4 is 11.9 Å². The Morgan fingerprint density at radius 3 is 2.42 bits per heavy atom. The minimum atomic E-state index is -0.744. The third-order valence-electron chi connectivity index (χ3n) is 4.82. The highest BCUT2D eigenvalue weighted by Gasteiger charge is 2.37. The third kappa shape index (κ3) is 3.95. The van der Waals surface area contributed by atoms with Crippen molar-refractivity contribution in [2.24, 2.45) is 17.3 Å². The molecule has 0 bridgehead atoms. The Balaban J connectivity index is 1.88. The maximum Gasteiger partial charge on any atom is 0.303 e. The first kappa shape index (κ1) is 14.4. The Labute approximate surface area is 115 Å². The lowest BCUT2D eigenvalue weighted by atomic mass is 9.71. The Bertz CT molecular complexity index is 343. The lowest BCUT2D eigenvalue weighted by molar-refractivity contribution is -0.141. The molecule has 2 fully saturated rings. The molecule has 1 unspecified atom stereocenters. The number of hydrogen-bond acceptors (Lipinski definition) is 2. The van der Waals surface area contributed by atoms with Gasteiger partial charge >= 0.3 is 5.97 Å². The summed E-state index contributed by atoms with van der Waals surface area (Å²) in [6.07, 6.45) is 7.72. The lowest BCUT2D eigenvalue weighted by Gasteiger charge is -2.36. The number of carbonyl (C=O) groups excluding carboxylic acids is 1. The van der Waals surface area contributed by atoms with Crippen LogP contribution < -0.4 is 5.32 Å². The maximum atomic E-state index is 12.0. The molecule has 2 N–H and O–H groups in total. The summed E-state index contributed by atoms with van der Waals surface area (Å²) in [7, 11) is 0. The van der Waals surface area contributed by atoms with Crippen LogP contribution in [0.3, 0.4) is 0 Å². The van der Waals surface area contributed by atoms with Gasteiger partial charge in [0.2, 0.25) is 5.91 Å². The molecule has 0 aromatic heterocycles. The summed E-state index contributed by atoms with van der Waals surface area (Å²) in [4.78, 5) is 23.1. The highest BCUT2D eigenvalue weighted by molar-refractivity contribution is 5.79. The van der Waals surface area contributed by atoms with Crippen LogP contribution in [-0.4, -0.2) is 23.5 Å². The van der Waals surface area contributed by atoms with Crippen LogP contribution >= 0.6 is 0 Å². The van der Waals surface area contributed by atoms with Gasteiger partial charge in [0, 0.05) is 12.5 Å². The Hall–Kier alpha value is -1.06. The van der Waals surface area contributed by atoms with Gasteiger partial charge in [-0.05, 0) is 37.0 Å². The molecule has 4 heteroatoms. The third-order valence-corrected chi connectivity index (χ3v) is 4.82. The van der Waals surface area contributed by atoms with E-state index in [0.29, 0.717) is 12.5 Å². The summed E-state index contributed by atoms with van der Waals surface area (Å²) in [5.41, 5.74) is -0.205. The number of carbonyl (C=O) groups is 2. The molecule has 2 rings (SSSR count). The number of carboxylic acids is 1. The maximum absolute atomic E-state index is 12.0. The zero-order chi connectivity index (χ0) is 13.9. The van der Waals surface area contributed by atoms with Gasteiger partial charge in [-0.1, -0.05) is 26.2 Å². The smallest absolute Gasteiger partial charge is 0.303 e. The molecule has 108 valence electrons. The van der Waals surface area contributed by atoms with Crippen LogP contribution in [0.2, 0.25) is 0 Å². The van der Waals surface area contributed by atoms with Crippen molar-refractivity contribution in [3.8, 4) is 0 Å². The fraction of sp³-hybridized carbons (Fsp3) is 0.867. The van der Waals surface area contributed by atoms with Gasteiger partial charge in [0.25, 0.3) is 0 Å². The van der Waals surface area contributed by atoms with Gasteiger partial charge in [-0.2, -0.15) is 0 Å². The van der Waals surface area contributed by atoms with Crippen molar-refractivity contribution < 1.29 is 14.7 Å². The van der Waals surface area contributed by atoms with E-state index < -0.39 is 5.97 Å². The normalized spacial score (nSPS) is 23.6. The first-order valence-electron chi connectivity index (χ1n) is 7.52. The standard InChI is InChI=1S/C15H25NO3/c1-11(12-5-6-12)14(19)16-10-15(9-13(17)18)7-3-2-4-8-15/h11-12H,2-10H2,1H3,(H,16,19)(H,17,18). The zero-order valence-electron chi connectivity index (χ0n) is 11.8. The van der Waals surface area contributed by atoms with E-state index in [2.05, 4.69) is 5.32 Å². The van der Waals surface area contributed by atoms with E-state index in [1.807, 2.05) is 6.92 Å². The minimum absolute atomic E-state index is 0.0884. The number of carboxylic acid groups (broad SMARTS) is 1. The second kappa shape index (κ2) is 5.93. The average molecular weight is 267 g/mol. The van der Waals surface area contributed by atoms with Crippen molar-refractivity contribution in [1.29, 1.82) is 0 Å². The van der Waals surface area contributed by atoms with Gasteiger partial charge in [0.1, 0.15) is 0 Å². The largest absolute Gasteiger partial charge is 0.481 e. The molecule has 0 radical (unpaired) electrons. The molecule has 2 saturated carbocycles. The predicted octanol–water partition coefficient (Wildman–Crippen LogP) is 2.57. The number of nitrogens with one attached hydrogen (secondary N) is 1. The van der Waals surface area contributed by atoms with E-state index in [4.69, 9.17) is 5.11 Å². The minimum Gasteiger partial charge on any atom is -0.481 e. The molecule has 1 amide bonds. The van der Waals surface area contributed by atoms with E-state index in [1.165, 1.54) is 6.42 Å². The first-order chi connectivity index (χ1) is 9.02. The van der Waals surface area contributed by atoms with Crippen molar-refractivity contribution in [3.05, 3.63) is 0 Å². The second-order valence-electron chi connectivity index (χ2n) is 6.48. The fourth-order valence-corrected chi connectivity index (χ4v) is 3.28. The fourth-order valence-electron chi connectivity index (χ4n) is 3.28. The van der Waals surface area contributed by atoms with Crippen LogP contribution in [0.5, 0.6) is 0 Å².